The van der Waals surface area contributed by atoms with E-state index in [2.05, 4.69) is 11.7 Å². The molecule has 0 atom stereocenters. The first kappa shape index (κ1) is 23.7. The molecule has 30 heavy (non-hydrogen) atoms. The van der Waals surface area contributed by atoms with Crippen LogP contribution in [-0.2, 0) is 6.42 Å². The number of hydrogen-bond donors (Lipinski definition) is 0. The Bertz CT molecular complexity index is 623. The van der Waals surface area contributed by atoms with E-state index in [-0.39, 0.29) is 14.5 Å². The molecule has 0 N–H and O–H groups in total. The minimum atomic E-state index is -2.99. The Balaban J connectivity index is 1.30. The molecular weight excluding hydrogens is 401 g/mol. The van der Waals surface area contributed by atoms with Crippen LogP contribution in [0.1, 0.15) is 76.7 Å². The number of hydrogen-bond acceptors (Lipinski definition) is 1. The van der Waals surface area contributed by atoms with Crippen molar-refractivity contribution in [3.8, 4) is 5.75 Å². The van der Waals surface area contributed by atoms with Crippen LogP contribution in [-0.4, -0.2) is 15.4 Å². The van der Waals surface area contributed by atoms with Crippen LogP contribution in [0.4, 0.5) is 13.2 Å². The molecule has 0 aromatic heterocycles. The van der Waals surface area contributed by atoms with E-state index in [9.17, 15) is 13.2 Å². The summed E-state index contributed by atoms with van der Waals surface area (Å²) in [5.74, 6) is 1.80. The summed E-state index contributed by atoms with van der Waals surface area (Å²) < 4.78 is 42.4. The van der Waals surface area contributed by atoms with Crippen LogP contribution >= 0.6 is 0 Å². The van der Waals surface area contributed by atoms with E-state index in [0.717, 1.165) is 36.2 Å². The molecule has 1 radical (unpaired) electrons. The van der Waals surface area contributed by atoms with Crippen molar-refractivity contribution in [2.24, 2.45) is 17.8 Å². The van der Waals surface area contributed by atoms with Gasteiger partial charge in [-0.15, -0.1) is 0 Å². The van der Waals surface area contributed by atoms with E-state index >= 15 is 0 Å². The normalized spacial score (nSPS) is 23.8. The van der Waals surface area contributed by atoms with Crippen molar-refractivity contribution in [3.63, 3.8) is 0 Å². The summed E-state index contributed by atoms with van der Waals surface area (Å²) in [6.45, 7) is -0.650. The van der Waals surface area contributed by atoms with Crippen LogP contribution in [0.3, 0.4) is 0 Å². The van der Waals surface area contributed by atoms with Crippen LogP contribution in [0.15, 0.2) is 18.2 Å². The monoisotopic (exact) mass is 439 g/mol. The molecule has 1 aromatic carbocycles. The van der Waals surface area contributed by atoms with Crippen LogP contribution in [0, 0.1) is 23.6 Å². The fourth-order valence-electron chi connectivity index (χ4n) is 5.73. The largest absolute Gasteiger partial charge is 0.432 e. The van der Waals surface area contributed by atoms with Crippen molar-refractivity contribution in [1.82, 2.24) is 0 Å². The lowest BCUT2D eigenvalue weighted by Gasteiger charge is -2.37. The third-order valence-corrected chi connectivity index (χ3v) is 10.6. The standard InChI is InChI=1S/C25H38F3OSi/c1-2-15-30-16-13-22(14-17-30)21-10-7-19(8-11-21)5-3-4-6-20-9-12-24(23(26)18-20)29-25(27)28/h9,12,18-19,21-22,25H,2-8,10-11,13-17H2,1H3. The molecule has 1 aliphatic carbocycles. The van der Waals surface area contributed by atoms with E-state index in [1.54, 1.807) is 18.2 Å². The molecule has 5 heteroatoms. The van der Waals surface area contributed by atoms with Gasteiger partial charge in [0, 0.05) is 8.80 Å². The minimum absolute atomic E-state index is 0.00858. The van der Waals surface area contributed by atoms with Crippen LogP contribution in [0.25, 0.3) is 0 Å². The van der Waals surface area contributed by atoms with Crippen molar-refractivity contribution in [3.05, 3.63) is 29.6 Å². The van der Waals surface area contributed by atoms with Gasteiger partial charge in [0.1, 0.15) is 0 Å². The van der Waals surface area contributed by atoms with E-state index in [1.165, 1.54) is 76.0 Å². The molecule has 0 bridgehead atoms. The average molecular weight is 440 g/mol. The van der Waals surface area contributed by atoms with Gasteiger partial charge in [0.2, 0.25) is 0 Å². The van der Waals surface area contributed by atoms with Gasteiger partial charge in [0.05, 0.1) is 0 Å². The van der Waals surface area contributed by atoms with Crippen molar-refractivity contribution in [2.45, 2.75) is 102 Å². The summed E-state index contributed by atoms with van der Waals surface area (Å²) in [4.78, 5) is 0. The van der Waals surface area contributed by atoms with Gasteiger partial charge in [-0.2, -0.15) is 8.78 Å². The summed E-state index contributed by atoms with van der Waals surface area (Å²) >= 11 is 0. The fraction of sp³-hybridized carbons (Fsp3) is 0.760. The van der Waals surface area contributed by atoms with Gasteiger partial charge in [-0.25, -0.2) is 4.39 Å². The van der Waals surface area contributed by atoms with E-state index in [1.807, 2.05) is 0 Å². The SMILES string of the molecule is CCC[Si]1CCC(C2CCC(CCCCc3ccc(OC(F)F)c(F)c3)CC2)CC1. The Labute approximate surface area is 182 Å². The summed E-state index contributed by atoms with van der Waals surface area (Å²) in [7, 11) is 0.00858. The Morgan fingerprint density at radius 1 is 1.00 bits per heavy atom. The highest BCUT2D eigenvalue weighted by Gasteiger charge is 2.30. The van der Waals surface area contributed by atoms with E-state index in [4.69, 9.17) is 0 Å². The third-order valence-electron chi connectivity index (χ3n) is 7.44. The summed E-state index contributed by atoms with van der Waals surface area (Å²) in [5, 5.41) is 0. The Kier molecular flexibility index (Phi) is 9.60. The summed E-state index contributed by atoms with van der Waals surface area (Å²) in [5.41, 5.74) is 0.860. The molecule has 1 aliphatic heterocycles. The predicted molar refractivity (Wildman–Crippen MR) is 119 cm³/mol. The predicted octanol–water partition coefficient (Wildman–Crippen LogP) is 8.26. The molecular formula is C25H38F3OSi. The van der Waals surface area contributed by atoms with Crippen LogP contribution in [0.2, 0.25) is 18.1 Å². The maximum Gasteiger partial charge on any atom is 0.387 e. The first-order chi connectivity index (χ1) is 14.5. The van der Waals surface area contributed by atoms with Crippen LogP contribution < -0.4 is 4.74 Å². The molecule has 0 spiro atoms. The molecule has 1 aromatic rings. The molecule has 169 valence electrons. The zero-order chi connectivity index (χ0) is 21.3. The van der Waals surface area contributed by atoms with Gasteiger partial charge in [-0.05, 0) is 61.1 Å². The fourth-order valence-corrected chi connectivity index (χ4v) is 8.74. The number of rotatable bonds is 10. The van der Waals surface area contributed by atoms with Gasteiger partial charge in [0.15, 0.2) is 11.6 Å². The lowest BCUT2D eigenvalue weighted by molar-refractivity contribution is -0.0522. The average Bonchev–Trinajstić information content (AvgIpc) is 2.74. The lowest BCUT2D eigenvalue weighted by atomic mass is 9.73. The minimum Gasteiger partial charge on any atom is -0.432 e. The number of ether oxygens (including phenoxy) is 1. The topological polar surface area (TPSA) is 9.23 Å². The zero-order valence-electron chi connectivity index (χ0n) is 18.5. The molecule has 1 heterocycles. The Morgan fingerprint density at radius 2 is 1.70 bits per heavy atom. The molecule has 3 rings (SSSR count). The Morgan fingerprint density at radius 3 is 2.33 bits per heavy atom. The van der Waals surface area contributed by atoms with E-state index in [0.29, 0.717) is 0 Å². The summed E-state index contributed by atoms with van der Waals surface area (Å²) in [6, 6.07) is 9.02. The maximum absolute atomic E-state index is 13.8. The third kappa shape index (κ3) is 7.32. The molecule has 0 unspecified atom stereocenters. The quantitative estimate of drug-likeness (QED) is 0.263. The van der Waals surface area contributed by atoms with E-state index < -0.39 is 12.4 Å². The highest BCUT2D eigenvalue weighted by atomic mass is 28.3. The maximum atomic E-state index is 13.8. The van der Waals surface area contributed by atoms with Crippen molar-refractivity contribution in [1.29, 1.82) is 0 Å². The second kappa shape index (κ2) is 12.2. The number of benzene rings is 1. The van der Waals surface area contributed by atoms with Crippen LogP contribution in [0.5, 0.6) is 5.75 Å². The highest BCUT2D eigenvalue weighted by molar-refractivity contribution is 6.58. The molecule has 2 aliphatic rings. The number of halogens is 3. The van der Waals surface area contributed by atoms with Crippen molar-refractivity contribution < 1.29 is 17.9 Å². The smallest absolute Gasteiger partial charge is 0.387 e. The molecule has 1 nitrogen and oxygen atoms in total. The number of aryl methyl sites for hydroxylation is 1. The highest BCUT2D eigenvalue weighted by Crippen LogP contribution is 2.42. The molecule has 1 saturated heterocycles. The lowest BCUT2D eigenvalue weighted by Crippen LogP contribution is -2.28. The zero-order valence-corrected chi connectivity index (χ0v) is 19.5. The van der Waals surface area contributed by atoms with Gasteiger partial charge < -0.3 is 4.74 Å². The number of unbranched alkanes of at least 4 members (excludes halogenated alkanes) is 1. The molecule has 0 amide bonds. The van der Waals surface area contributed by atoms with Gasteiger partial charge in [-0.1, -0.05) is 76.1 Å². The van der Waals surface area contributed by atoms with Gasteiger partial charge >= 0.3 is 6.61 Å². The first-order valence-corrected chi connectivity index (χ1v) is 14.2. The molecule has 1 saturated carbocycles. The Hall–Kier alpha value is -0.973. The second-order valence-corrected chi connectivity index (χ2v) is 12.5. The number of alkyl halides is 2. The van der Waals surface area contributed by atoms with Crippen molar-refractivity contribution in [2.75, 3.05) is 0 Å². The molecule has 2 fully saturated rings. The second-order valence-electron chi connectivity index (χ2n) is 9.51. The van der Waals surface area contributed by atoms with Crippen molar-refractivity contribution >= 4 is 8.80 Å². The van der Waals surface area contributed by atoms with Gasteiger partial charge in [-0.3, -0.25) is 0 Å². The van der Waals surface area contributed by atoms with Gasteiger partial charge in [0.25, 0.3) is 0 Å². The first-order valence-electron chi connectivity index (χ1n) is 12.1. The summed E-state index contributed by atoms with van der Waals surface area (Å²) in [6.07, 6.45) is 14.3.